The van der Waals surface area contributed by atoms with Gasteiger partial charge in [0.25, 0.3) is 11.8 Å². The maximum atomic E-state index is 12.9. The van der Waals surface area contributed by atoms with Crippen molar-refractivity contribution in [2.75, 3.05) is 19.0 Å². The zero-order valence-corrected chi connectivity index (χ0v) is 20.5. The van der Waals surface area contributed by atoms with Gasteiger partial charge < -0.3 is 24.8 Å². The van der Waals surface area contributed by atoms with Gasteiger partial charge >= 0.3 is 5.97 Å². The quantitative estimate of drug-likeness (QED) is 0.383. The molecule has 2 amide bonds. The minimum atomic E-state index is -0.541. The summed E-state index contributed by atoms with van der Waals surface area (Å²) in [6.07, 6.45) is -0.230. The number of carbonyl (C=O) groups is 3. The molecule has 3 aromatic carbocycles. The SMILES string of the molecule is COc1cccc(NC(=O)COc2ccc(C(=O)NC(CC(=O)OC(C)C)c3ccccc3)cc2)c1. The van der Waals surface area contributed by atoms with Crippen LogP contribution in [0.5, 0.6) is 11.5 Å². The zero-order chi connectivity index (χ0) is 25.9. The van der Waals surface area contributed by atoms with Crippen molar-refractivity contribution in [1.82, 2.24) is 5.32 Å². The molecule has 3 aromatic rings. The van der Waals surface area contributed by atoms with Crippen molar-refractivity contribution >= 4 is 23.5 Å². The summed E-state index contributed by atoms with van der Waals surface area (Å²) in [7, 11) is 1.55. The molecule has 0 aromatic heterocycles. The van der Waals surface area contributed by atoms with Gasteiger partial charge in [-0.15, -0.1) is 0 Å². The molecule has 0 aliphatic carbocycles. The van der Waals surface area contributed by atoms with Gasteiger partial charge in [-0.25, -0.2) is 0 Å². The van der Waals surface area contributed by atoms with Crippen molar-refractivity contribution in [2.45, 2.75) is 32.4 Å². The van der Waals surface area contributed by atoms with E-state index >= 15 is 0 Å². The molecular weight excluding hydrogens is 460 g/mol. The molecule has 1 unspecified atom stereocenters. The van der Waals surface area contributed by atoms with Crippen LogP contribution in [0.4, 0.5) is 5.69 Å². The molecule has 0 spiro atoms. The van der Waals surface area contributed by atoms with Crippen LogP contribution in [-0.4, -0.2) is 37.6 Å². The third-order valence-electron chi connectivity index (χ3n) is 5.09. The van der Waals surface area contributed by atoms with Gasteiger partial charge in [0.1, 0.15) is 11.5 Å². The molecule has 0 radical (unpaired) electrons. The van der Waals surface area contributed by atoms with Crippen molar-refractivity contribution < 1.29 is 28.6 Å². The Hall–Kier alpha value is -4.33. The predicted molar refractivity (Wildman–Crippen MR) is 136 cm³/mol. The Bertz CT molecular complexity index is 1160. The summed E-state index contributed by atoms with van der Waals surface area (Å²) in [6, 6.07) is 22.1. The first-order valence-corrected chi connectivity index (χ1v) is 11.6. The van der Waals surface area contributed by atoms with Crippen LogP contribution < -0.4 is 20.1 Å². The number of esters is 1. The Morgan fingerprint density at radius 1 is 0.861 bits per heavy atom. The average molecular weight is 491 g/mol. The average Bonchev–Trinajstić information content (AvgIpc) is 2.87. The van der Waals surface area contributed by atoms with Crippen LogP contribution in [0.1, 0.15) is 42.2 Å². The predicted octanol–water partition coefficient (Wildman–Crippen LogP) is 4.53. The summed E-state index contributed by atoms with van der Waals surface area (Å²) < 4.78 is 15.9. The lowest BCUT2D eigenvalue weighted by Gasteiger charge is -2.19. The number of methoxy groups -OCH3 is 1. The van der Waals surface area contributed by atoms with Crippen LogP contribution in [-0.2, 0) is 14.3 Å². The molecule has 3 rings (SSSR count). The highest BCUT2D eigenvalue weighted by atomic mass is 16.5. The number of hydrogen-bond acceptors (Lipinski definition) is 6. The molecule has 0 fully saturated rings. The van der Waals surface area contributed by atoms with Gasteiger partial charge in [-0.1, -0.05) is 36.4 Å². The first-order valence-electron chi connectivity index (χ1n) is 11.6. The summed E-state index contributed by atoms with van der Waals surface area (Å²) in [5, 5.41) is 5.64. The Labute approximate surface area is 210 Å². The molecule has 1 atom stereocenters. The fraction of sp³-hybridized carbons (Fsp3) is 0.250. The largest absolute Gasteiger partial charge is 0.497 e. The van der Waals surface area contributed by atoms with Crippen molar-refractivity contribution in [3.63, 3.8) is 0 Å². The number of ether oxygens (including phenoxy) is 3. The number of benzene rings is 3. The number of rotatable bonds is 11. The van der Waals surface area contributed by atoms with E-state index in [1.807, 2.05) is 30.3 Å². The lowest BCUT2D eigenvalue weighted by atomic mass is 10.0. The fourth-order valence-electron chi connectivity index (χ4n) is 3.41. The third-order valence-corrected chi connectivity index (χ3v) is 5.09. The van der Waals surface area contributed by atoms with Gasteiger partial charge in [0.15, 0.2) is 6.61 Å². The zero-order valence-electron chi connectivity index (χ0n) is 20.5. The van der Waals surface area contributed by atoms with Gasteiger partial charge in [-0.2, -0.15) is 0 Å². The highest BCUT2D eigenvalue weighted by molar-refractivity contribution is 5.95. The second-order valence-corrected chi connectivity index (χ2v) is 8.27. The normalized spacial score (nSPS) is 11.3. The van der Waals surface area contributed by atoms with E-state index in [0.717, 1.165) is 5.56 Å². The molecule has 8 heteroatoms. The van der Waals surface area contributed by atoms with Crippen molar-refractivity contribution in [2.24, 2.45) is 0 Å². The van der Waals surface area contributed by atoms with Gasteiger partial charge in [0.2, 0.25) is 0 Å². The summed E-state index contributed by atoms with van der Waals surface area (Å²) in [5.41, 5.74) is 1.79. The molecule has 36 heavy (non-hydrogen) atoms. The number of nitrogens with one attached hydrogen (secondary N) is 2. The van der Waals surface area contributed by atoms with Crippen LogP contribution >= 0.6 is 0 Å². The van der Waals surface area contributed by atoms with Crippen molar-refractivity contribution in [3.05, 3.63) is 90.0 Å². The number of carbonyl (C=O) groups excluding carboxylic acids is 3. The lowest BCUT2D eigenvalue weighted by Crippen LogP contribution is -2.31. The summed E-state index contributed by atoms with van der Waals surface area (Å²) in [5.74, 6) is 0.00376. The molecule has 0 aliphatic rings. The van der Waals surface area contributed by atoms with E-state index in [1.54, 1.807) is 69.5 Å². The topological polar surface area (TPSA) is 103 Å². The van der Waals surface area contributed by atoms with Crippen LogP contribution in [0.25, 0.3) is 0 Å². The van der Waals surface area contributed by atoms with Gasteiger partial charge in [-0.3, -0.25) is 14.4 Å². The van der Waals surface area contributed by atoms with E-state index in [0.29, 0.717) is 22.7 Å². The van der Waals surface area contributed by atoms with Crippen LogP contribution in [0.3, 0.4) is 0 Å². The minimum Gasteiger partial charge on any atom is -0.497 e. The standard InChI is InChI=1S/C28H30N2O6/c1-19(2)36-27(32)17-25(20-8-5-4-6-9-20)30-28(33)21-12-14-23(15-13-21)35-18-26(31)29-22-10-7-11-24(16-22)34-3/h4-16,19,25H,17-18H2,1-3H3,(H,29,31)(H,30,33). The highest BCUT2D eigenvalue weighted by Gasteiger charge is 2.21. The summed E-state index contributed by atoms with van der Waals surface area (Å²) >= 11 is 0. The molecule has 8 nitrogen and oxygen atoms in total. The van der Waals surface area contributed by atoms with E-state index in [9.17, 15) is 14.4 Å². The Morgan fingerprint density at radius 2 is 1.58 bits per heavy atom. The molecule has 188 valence electrons. The second kappa shape index (κ2) is 12.9. The van der Waals surface area contributed by atoms with E-state index in [1.165, 1.54) is 0 Å². The van der Waals surface area contributed by atoms with Crippen LogP contribution in [0.15, 0.2) is 78.9 Å². The first kappa shape index (κ1) is 26.3. The third kappa shape index (κ3) is 8.16. The Morgan fingerprint density at radius 3 is 2.25 bits per heavy atom. The van der Waals surface area contributed by atoms with E-state index in [4.69, 9.17) is 14.2 Å². The molecule has 0 heterocycles. The Kier molecular flexibility index (Phi) is 9.45. The summed E-state index contributed by atoms with van der Waals surface area (Å²) in [6.45, 7) is 3.36. The molecule has 0 saturated heterocycles. The minimum absolute atomic E-state index is 0.0114. The van der Waals surface area contributed by atoms with E-state index < -0.39 is 12.0 Å². The Balaban J connectivity index is 1.57. The van der Waals surface area contributed by atoms with E-state index in [2.05, 4.69) is 10.6 Å². The number of amides is 2. The maximum Gasteiger partial charge on any atom is 0.308 e. The molecule has 0 bridgehead atoms. The van der Waals surface area contributed by atoms with Gasteiger partial charge in [0, 0.05) is 17.3 Å². The van der Waals surface area contributed by atoms with E-state index in [-0.39, 0.29) is 30.9 Å². The molecular formula is C28H30N2O6. The number of anilines is 1. The molecule has 0 saturated carbocycles. The fourth-order valence-corrected chi connectivity index (χ4v) is 3.41. The second-order valence-electron chi connectivity index (χ2n) is 8.27. The summed E-state index contributed by atoms with van der Waals surface area (Å²) in [4.78, 5) is 37.3. The van der Waals surface area contributed by atoms with Crippen molar-refractivity contribution in [3.8, 4) is 11.5 Å². The van der Waals surface area contributed by atoms with Crippen LogP contribution in [0.2, 0.25) is 0 Å². The smallest absolute Gasteiger partial charge is 0.308 e. The lowest BCUT2D eigenvalue weighted by molar-refractivity contribution is -0.148. The molecule has 0 aliphatic heterocycles. The monoisotopic (exact) mass is 490 g/mol. The highest BCUT2D eigenvalue weighted by Crippen LogP contribution is 2.20. The maximum absolute atomic E-state index is 12.9. The number of hydrogen-bond donors (Lipinski definition) is 2. The van der Waals surface area contributed by atoms with Crippen molar-refractivity contribution in [1.29, 1.82) is 0 Å². The first-order chi connectivity index (χ1) is 17.3. The van der Waals surface area contributed by atoms with Gasteiger partial charge in [-0.05, 0) is 55.8 Å². The van der Waals surface area contributed by atoms with Gasteiger partial charge in [0.05, 0.1) is 25.7 Å². The van der Waals surface area contributed by atoms with Crippen LogP contribution in [0, 0.1) is 0 Å². The molecule has 2 N–H and O–H groups in total.